The predicted molar refractivity (Wildman–Crippen MR) is 113 cm³/mol. The van der Waals surface area contributed by atoms with Crippen molar-refractivity contribution < 1.29 is 10.3 Å². The molecule has 4 N–H and O–H groups in total. The van der Waals surface area contributed by atoms with Gasteiger partial charge < -0.3 is 20.3 Å². The number of rotatable bonds is 5. The maximum absolute atomic E-state index is 10.5. The molecule has 0 unspecified atom stereocenters. The van der Waals surface area contributed by atoms with Crippen molar-refractivity contribution in [2.24, 2.45) is 0 Å². The first kappa shape index (κ1) is 19.4. The summed E-state index contributed by atoms with van der Waals surface area (Å²) in [6, 6.07) is 12.0. The number of fused-ring (bicyclic) bond motifs is 1. The van der Waals surface area contributed by atoms with Crippen LogP contribution in [0.4, 0.5) is 17.3 Å². The number of nitriles is 1. The summed E-state index contributed by atoms with van der Waals surface area (Å²) in [5.74, 6) is 0.453. The van der Waals surface area contributed by atoms with Crippen molar-refractivity contribution in [3.63, 3.8) is 0 Å². The van der Waals surface area contributed by atoms with Gasteiger partial charge in [0.05, 0.1) is 46.2 Å². The SMILES string of the molecule is CN1CCN(SN(O)c2ccc3nc(Nc4cc(C#N)ccc4O)[nH]c3c2)CC1. The van der Waals surface area contributed by atoms with E-state index in [9.17, 15) is 10.3 Å². The Morgan fingerprint density at radius 1 is 1.21 bits per heavy atom. The average molecular weight is 411 g/mol. The maximum atomic E-state index is 10.5. The van der Waals surface area contributed by atoms with Gasteiger partial charge in [0.25, 0.3) is 0 Å². The van der Waals surface area contributed by atoms with Crippen LogP contribution in [-0.4, -0.2) is 62.7 Å². The van der Waals surface area contributed by atoms with Gasteiger partial charge >= 0.3 is 0 Å². The summed E-state index contributed by atoms with van der Waals surface area (Å²) in [6.45, 7) is 3.69. The first-order valence-corrected chi connectivity index (χ1v) is 9.85. The first-order valence-electron chi connectivity index (χ1n) is 9.12. The number of phenolic OH excluding ortho intramolecular Hbond substituents is 1. The molecule has 3 aromatic rings. The van der Waals surface area contributed by atoms with Crippen LogP contribution in [0.3, 0.4) is 0 Å². The maximum Gasteiger partial charge on any atom is 0.205 e. The summed E-state index contributed by atoms with van der Waals surface area (Å²) in [5, 5.41) is 32.5. The van der Waals surface area contributed by atoms with Crippen LogP contribution in [-0.2, 0) is 0 Å². The Hall–Kier alpha value is -2.97. The Kier molecular flexibility index (Phi) is 5.46. The zero-order valence-electron chi connectivity index (χ0n) is 15.8. The number of hydrogen-bond acceptors (Lipinski definition) is 9. The van der Waals surface area contributed by atoms with Gasteiger partial charge in [-0.25, -0.2) is 9.29 Å². The number of anilines is 3. The number of aromatic hydroxyl groups is 1. The lowest BCUT2D eigenvalue weighted by molar-refractivity contribution is 0.228. The van der Waals surface area contributed by atoms with E-state index in [2.05, 4.69) is 31.5 Å². The molecule has 29 heavy (non-hydrogen) atoms. The zero-order chi connectivity index (χ0) is 20.4. The van der Waals surface area contributed by atoms with Gasteiger partial charge in [-0.3, -0.25) is 5.21 Å². The van der Waals surface area contributed by atoms with E-state index < -0.39 is 0 Å². The van der Waals surface area contributed by atoms with Gasteiger partial charge in [-0.1, -0.05) is 0 Å². The number of nitrogens with one attached hydrogen (secondary N) is 2. The highest BCUT2D eigenvalue weighted by Gasteiger charge is 2.18. The normalized spacial score (nSPS) is 15.3. The summed E-state index contributed by atoms with van der Waals surface area (Å²) in [7, 11) is 2.09. The van der Waals surface area contributed by atoms with Crippen LogP contribution >= 0.6 is 12.1 Å². The molecule has 0 amide bonds. The molecule has 1 fully saturated rings. The fourth-order valence-corrected chi connectivity index (χ4v) is 3.79. The van der Waals surface area contributed by atoms with Crippen LogP contribution in [0.5, 0.6) is 5.75 Å². The summed E-state index contributed by atoms with van der Waals surface area (Å²) >= 11 is 1.28. The lowest BCUT2D eigenvalue weighted by Gasteiger charge is -2.32. The van der Waals surface area contributed by atoms with Crippen LogP contribution in [0.2, 0.25) is 0 Å². The minimum absolute atomic E-state index is 0.0234. The number of H-pyrrole nitrogens is 1. The lowest BCUT2D eigenvalue weighted by Crippen LogP contribution is -2.42. The second-order valence-electron chi connectivity index (χ2n) is 6.84. The molecule has 150 valence electrons. The monoisotopic (exact) mass is 411 g/mol. The molecule has 0 atom stereocenters. The summed E-state index contributed by atoms with van der Waals surface area (Å²) in [4.78, 5) is 9.83. The fraction of sp³-hybridized carbons (Fsp3) is 0.263. The Labute approximate surface area is 172 Å². The van der Waals surface area contributed by atoms with Crippen molar-refractivity contribution in [2.45, 2.75) is 0 Å². The fourth-order valence-electron chi connectivity index (χ4n) is 3.04. The Balaban J connectivity index is 1.50. The number of hydrogen-bond donors (Lipinski definition) is 4. The van der Waals surface area contributed by atoms with Crippen LogP contribution in [0, 0.1) is 11.3 Å². The zero-order valence-corrected chi connectivity index (χ0v) is 16.6. The molecule has 10 heteroatoms. The lowest BCUT2D eigenvalue weighted by atomic mass is 10.2. The highest BCUT2D eigenvalue weighted by molar-refractivity contribution is 7.98. The van der Waals surface area contributed by atoms with E-state index in [4.69, 9.17) is 5.26 Å². The van der Waals surface area contributed by atoms with Crippen LogP contribution in [0.15, 0.2) is 36.4 Å². The quantitative estimate of drug-likeness (QED) is 0.286. The molecule has 0 aliphatic carbocycles. The van der Waals surface area contributed by atoms with Gasteiger partial charge in [0.1, 0.15) is 5.75 Å². The minimum Gasteiger partial charge on any atom is -0.506 e. The van der Waals surface area contributed by atoms with Gasteiger partial charge in [0.2, 0.25) is 5.95 Å². The van der Waals surface area contributed by atoms with E-state index in [1.54, 1.807) is 18.2 Å². The predicted octanol–water partition coefficient (Wildman–Crippen LogP) is 2.89. The highest BCUT2D eigenvalue weighted by Crippen LogP contribution is 2.30. The van der Waals surface area contributed by atoms with E-state index in [1.165, 1.54) is 18.2 Å². The summed E-state index contributed by atoms with van der Waals surface area (Å²) in [5.41, 5.74) is 2.90. The molecule has 2 heterocycles. The number of imidazole rings is 1. The Morgan fingerprint density at radius 3 is 2.76 bits per heavy atom. The standard InChI is InChI=1S/C19H21N7O2S/c1-24-6-8-25(9-7-24)29-26(28)14-3-4-15-16(11-14)22-19(21-15)23-17-10-13(12-20)2-5-18(17)27/h2-5,10-11,27-28H,6-9H2,1H3,(H2,21,22,23). The second kappa shape index (κ2) is 8.18. The van der Waals surface area contributed by atoms with E-state index in [0.29, 0.717) is 28.4 Å². The molecule has 0 radical (unpaired) electrons. The number of benzene rings is 2. The number of phenols is 1. The molecular weight excluding hydrogens is 390 g/mol. The molecule has 0 bridgehead atoms. The average Bonchev–Trinajstić information content (AvgIpc) is 3.13. The van der Waals surface area contributed by atoms with Crippen molar-refractivity contribution in [1.82, 2.24) is 19.2 Å². The van der Waals surface area contributed by atoms with E-state index in [0.717, 1.165) is 36.2 Å². The molecule has 1 aromatic heterocycles. The van der Waals surface area contributed by atoms with Gasteiger partial charge in [-0.05, 0) is 43.4 Å². The van der Waals surface area contributed by atoms with Crippen molar-refractivity contribution in [1.29, 1.82) is 5.26 Å². The topological polar surface area (TPSA) is 115 Å². The van der Waals surface area contributed by atoms with Crippen LogP contribution in [0.25, 0.3) is 11.0 Å². The van der Waals surface area contributed by atoms with Crippen LogP contribution in [0.1, 0.15) is 5.56 Å². The number of nitrogens with zero attached hydrogens (tertiary/aromatic N) is 5. The largest absolute Gasteiger partial charge is 0.506 e. The van der Waals surface area contributed by atoms with E-state index in [-0.39, 0.29) is 5.75 Å². The Bertz CT molecular complexity index is 1060. The molecule has 1 aliphatic heterocycles. The number of piperazine rings is 1. The molecule has 4 rings (SSSR count). The molecule has 1 aliphatic rings. The number of aromatic amines is 1. The van der Waals surface area contributed by atoms with Crippen molar-refractivity contribution >= 4 is 40.5 Å². The smallest absolute Gasteiger partial charge is 0.205 e. The number of aromatic nitrogens is 2. The molecule has 1 saturated heterocycles. The van der Waals surface area contributed by atoms with Crippen molar-refractivity contribution in [3.05, 3.63) is 42.0 Å². The van der Waals surface area contributed by atoms with E-state index >= 15 is 0 Å². The van der Waals surface area contributed by atoms with Gasteiger partial charge in [-0.15, -0.1) is 0 Å². The van der Waals surface area contributed by atoms with Gasteiger partial charge in [-0.2, -0.15) is 9.73 Å². The van der Waals surface area contributed by atoms with E-state index in [1.807, 2.05) is 18.2 Å². The van der Waals surface area contributed by atoms with Crippen LogP contribution < -0.4 is 9.79 Å². The highest BCUT2D eigenvalue weighted by atomic mass is 32.2. The Morgan fingerprint density at radius 2 is 2.00 bits per heavy atom. The molecule has 0 spiro atoms. The first-order chi connectivity index (χ1) is 14.0. The molecule has 0 saturated carbocycles. The van der Waals surface area contributed by atoms with Gasteiger partial charge in [0, 0.05) is 26.2 Å². The second-order valence-corrected chi connectivity index (χ2v) is 7.87. The third-order valence-corrected chi connectivity index (χ3v) is 5.68. The minimum atomic E-state index is 0.0234. The van der Waals surface area contributed by atoms with Gasteiger partial charge in [0.15, 0.2) is 0 Å². The molecule has 2 aromatic carbocycles. The van der Waals surface area contributed by atoms with Crippen molar-refractivity contribution in [2.75, 3.05) is 43.0 Å². The third kappa shape index (κ3) is 4.38. The summed E-state index contributed by atoms with van der Waals surface area (Å²) < 4.78 is 3.27. The number of likely N-dealkylation sites (N-methyl/N-ethyl adjacent to an activating group) is 1. The third-order valence-electron chi connectivity index (χ3n) is 4.72. The summed E-state index contributed by atoms with van der Waals surface area (Å²) in [6.07, 6.45) is 0. The molecular formula is C19H21N7O2S. The molecule has 9 nitrogen and oxygen atoms in total. The van der Waals surface area contributed by atoms with Crippen molar-refractivity contribution in [3.8, 4) is 11.8 Å².